The molecule has 0 aromatic heterocycles. The number of ether oxygens (including phenoxy) is 3. The molecule has 0 aliphatic carbocycles. The third-order valence-corrected chi connectivity index (χ3v) is 4.27. The van der Waals surface area contributed by atoms with Crippen LogP contribution in [0.15, 0.2) is 60.7 Å². The molecule has 0 radical (unpaired) electrons. The molecule has 3 rings (SSSR count). The maximum Gasteiger partial charge on any atom is 0.183 e. The second-order valence-electron chi connectivity index (χ2n) is 6.22. The van der Waals surface area contributed by atoms with Crippen LogP contribution in [-0.2, 0) is 27.4 Å². The van der Waals surface area contributed by atoms with Crippen molar-refractivity contribution in [2.45, 2.75) is 38.6 Å². The molecule has 128 valence electrons. The first kappa shape index (κ1) is 17.1. The first-order valence-electron chi connectivity index (χ1n) is 8.35. The monoisotopic (exact) mass is 328 g/mol. The van der Waals surface area contributed by atoms with Crippen LogP contribution in [0.25, 0.3) is 0 Å². The van der Waals surface area contributed by atoms with Crippen molar-refractivity contribution in [3.63, 3.8) is 0 Å². The predicted molar refractivity (Wildman–Crippen MR) is 91.2 cm³/mol. The van der Waals surface area contributed by atoms with Crippen molar-refractivity contribution in [1.29, 1.82) is 0 Å². The van der Waals surface area contributed by atoms with Crippen molar-refractivity contribution in [3.05, 3.63) is 71.8 Å². The zero-order chi connectivity index (χ0) is 16.8. The molecule has 0 saturated carbocycles. The highest BCUT2D eigenvalue weighted by molar-refractivity contribution is 5.14. The van der Waals surface area contributed by atoms with Gasteiger partial charge < -0.3 is 19.3 Å². The van der Waals surface area contributed by atoms with Gasteiger partial charge in [-0.1, -0.05) is 67.6 Å². The van der Waals surface area contributed by atoms with Crippen LogP contribution in [0.4, 0.5) is 0 Å². The third kappa shape index (κ3) is 4.42. The summed E-state index contributed by atoms with van der Waals surface area (Å²) < 4.78 is 17.5. The van der Waals surface area contributed by atoms with Crippen LogP contribution in [-0.4, -0.2) is 30.2 Å². The molecule has 0 bridgehead atoms. The fourth-order valence-electron chi connectivity index (χ4n) is 2.90. The van der Waals surface area contributed by atoms with Gasteiger partial charge in [-0.2, -0.15) is 0 Å². The molecule has 1 fully saturated rings. The molecule has 4 nitrogen and oxygen atoms in total. The van der Waals surface area contributed by atoms with E-state index in [0.29, 0.717) is 19.8 Å². The quantitative estimate of drug-likeness (QED) is 0.885. The van der Waals surface area contributed by atoms with Crippen LogP contribution in [0.3, 0.4) is 0 Å². The summed E-state index contributed by atoms with van der Waals surface area (Å²) in [5.41, 5.74) is 2.16. The SMILES string of the molecule is C[C@@H]1COC(O)[C@H](OCc2ccccc2)[C@H]1OCc1ccccc1. The maximum absolute atomic E-state index is 10.2. The average molecular weight is 328 g/mol. The van der Waals surface area contributed by atoms with Crippen molar-refractivity contribution < 1.29 is 19.3 Å². The van der Waals surface area contributed by atoms with Gasteiger partial charge >= 0.3 is 0 Å². The Hall–Kier alpha value is -1.72. The maximum atomic E-state index is 10.2. The molecular weight excluding hydrogens is 304 g/mol. The van der Waals surface area contributed by atoms with Crippen molar-refractivity contribution in [3.8, 4) is 0 Å². The summed E-state index contributed by atoms with van der Waals surface area (Å²) in [5.74, 6) is 0.151. The minimum atomic E-state index is -0.967. The number of benzene rings is 2. The number of hydrogen-bond acceptors (Lipinski definition) is 4. The molecule has 2 aromatic rings. The number of aliphatic hydroxyl groups excluding tert-OH is 1. The van der Waals surface area contributed by atoms with Gasteiger partial charge in [-0.05, 0) is 11.1 Å². The van der Waals surface area contributed by atoms with Gasteiger partial charge in [0.2, 0.25) is 0 Å². The average Bonchev–Trinajstić information content (AvgIpc) is 2.63. The Morgan fingerprint density at radius 1 is 0.875 bits per heavy atom. The predicted octanol–water partition coefficient (Wildman–Crippen LogP) is 3.14. The van der Waals surface area contributed by atoms with E-state index in [2.05, 4.69) is 6.92 Å². The zero-order valence-electron chi connectivity index (χ0n) is 13.9. The highest BCUT2D eigenvalue weighted by Crippen LogP contribution is 2.26. The molecule has 2 aromatic carbocycles. The van der Waals surface area contributed by atoms with Gasteiger partial charge in [-0.15, -0.1) is 0 Å². The lowest BCUT2D eigenvalue weighted by molar-refractivity contribution is -0.265. The van der Waals surface area contributed by atoms with Crippen LogP contribution in [0.1, 0.15) is 18.1 Å². The minimum absolute atomic E-state index is 0.151. The largest absolute Gasteiger partial charge is 0.370 e. The lowest BCUT2D eigenvalue weighted by atomic mass is 9.97. The zero-order valence-corrected chi connectivity index (χ0v) is 13.9. The molecule has 4 heteroatoms. The van der Waals surface area contributed by atoms with E-state index in [1.165, 1.54) is 0 Å². The summed E-state index contributed by atoms with van der Waals surface area (Å²) >= 11 is 0. The fraction of sp³-hybridized carbons (Fsp3) is 0.400. The van der Waals surface area contributed by atoms with Crippen LogP contribution < -0.4 is 0 Å². The van der Waals surface area contributed by atoms with Crippen molar-refractivity contribution in [2.75, 3.05) is 6.61 Å². The molecule has 1 aliphatic heterocycles. The van der Waals surface area contributed by atoms with Crippen molar-refractivity contribution in [2.24, 2.45) is 5.92 Å². The first-order valence-corrected chi connectivity index (χ1v) is 8.35. The van der Waals surface area contributed by atoms with Gasteiger partial charge in [-0.25, -0.2) is 0 Å². The summed E-state index contributed by atoms with van der Waals surface area (Å²) in [6, 6.07) is 19.9. The third-order valence-electron chi connectivity index (χ3n) is 4.27. The van der Waals surface area contributed by atoms with Crippen LogP contribution in [0, 0.1) is 5.92 Å². The normalized spacial score (nSPS) is 27.1. The highest BCUT2D eigenvalue weighted by atomic mass is 16.6. The van der Waals surface area contributed by atoms with Crippen molar-refractivity contribution in [1.82, 2.24) is 0 Å². The van der Waals surface area contributed by atoms with E-state index in [9.17, 15) is 5.11 Å². The molecule has 4 atom stereocenters. The summed E-state index contributed by atoms with van der Waals surface area (Å²) in [6.07, 6.45) is -1.68. The molecule has 24 heavy (non-hydrogen) atoms. The Morgan fingerprint density at radius 2 is 1.38 bits per heavy atom. The summed E-state index contributed by atoms with van der Waals surface area (Å²) in [5, 5.41) is 10.2. The topological polar surface area (TPSA) is 47.9 Å². The molecule has 1 heterocycles. The van der Waals surface area contributed by atoms with Gasteiger partial charge in [-0.3, -0.25) is 0 Å². The standard InChI is InChI=1S/C20H24O4/c1-15-12-24-20(21)19(23-14-17-10-6-3-7-11-17)18(15)22-13-16-8-4-2-5-9-16/h2-11,15,18-21H,12-14H2,1H3/t15-,18+,19-,20?/m1/s1. The molecule has 1 N–H and O–H groups in total. The van der Waals surface area contributed by atoms with Gasteiger partial charge in [0.1, 0.15) is 6.10 Å². The van der Waals surface area contributed by atoms with E-state index in [4.69, 9.17) is 14.2 Å². The smallest absolute Gasteiger partial charge is 0.183 e. The van der Waals surface area contributed by atoms with Gasteiger partial charge in [0.25, 0.3) is 0 Å². The Bertz CT molecular complexity index is 546. The number of aliphatic hydroxyl groups is 1. The van der Waals surface area contributed by atoms with Crippen LogP contribution >= 0.6 is 0 Å². The Kier molecular flexibility index (Phi) is 5.99. The van der Waals surface area contributed by atoms with Gasteiger partial charge in [0, 0.05) is 5.92 Å². The molecule has 1 unspecified atom stereocenters. The Labute approximate surface area is 143 Å². The van der Waals surface area contributed by atoms with Gasteiger partial charge in [0.15, 0.2) is 6.29 Å². The lowest BCUT2D eigenvalue weighted by Gasteiger charge is -2.39. The number of hydrogen-bond donors (Lipinski definition) is 1. The molecule has 1 saturated heterocycles. The van der Waals surface area contributed by atoms with E-state index in [1.54, 1.807) is 0 Å². The van der Waals surface area contributed by atoms with Crippen molar-refractivity contribution >= 4 is 0 Å². The summed E-state index contributed by atoms with van der Waals surface area (Å²) in [7, 11) is 0. The summed E-state index contributed by atoms with van der Waals surface area (Å²) in [4.78, 5) is 0. The second kappa shape index (κ2) is 8.40. The van der Waals surface area contributed by atoms with E-state index < -0.39 is 12.4 Å². The van der Waals surface area contributed by atoms with E-state index in [-0.39, 0.29) is 12.0 Å². The molecule has 1 aliphatic rings. The molecule has 0 spiro atoms. The highest BCUT2D eigenvalue weighted by Gasteiger charge is 2.39. The van der Waals surface area contributed by atoms with E-state index in [1.807, 2.05) is 60.7 Å². The van der Waals surface area contributed by atoms with E-state index in [0.717, 1.165) is 11.1 Å². The lowest BCUT2D eigenvalue weighted by Crippen LogP contribution is -2.51. The second-order valence-corrected chi connectivity index (χ2v) is 6.22. The first-order chi connectivity index (χ1) is 11.7. The summed E-state index contributed by atoms with van der Waals surface area (Å²) in [6.45, 7) is 3.43. The number of rotatable bonds is 6. The molecule has 0 amide bonds. The van der Waals surface area contributed by atoms with Gasteiger partial charge in [0.05, 0.1) is 25.9 Å². The Balaban J connectivity index is 1.63. The Morgan fingerprint density at radius 3 is 1.92 bits per heavy atom. The van der Waals surface area contributed by atoms with E-state index >= 15 is 0 Å². The molecular formula is C20H24O4. The minimum Gasteiger partial charge on any atom is -0.370 e. The van der Waals surface area contributed by atoms with Crippen LogP contribution in [0.5, 0.6) is 0 Å². The fourth-order valence-corrected chi connectivity index (χ4v) is 2.90. The van der Waals surface area contributed by atoms with Crippen LogP contribution in [0.2, 0.25) is 0 Å².